The summed E-state index contributed by atoms with van der Waals surface area (Å²) in [5, 5.41) is 10.6. The van der Waals surface area contributed by atoms with Crippen molar-refractivity contribution in [3.8, 4) is 10.7 Å². The molecule has 0 aliphatic carbocycles. The lowest BCUT2D eigenvalue weighted by molar-refractivity contribution is -0.132. The van der Waals surface area contributed by atoms with Crippen molar-refractivity contribution in [1.82, 2.24) is 25.1 Å². The van der Waals surface area contributed by atoms with Gasteiger partial charge in [0, 0.05) is 37.5 Å². The number of piperidine rings is 1. The molecular formula is C19H20FN5OS. The van der Waals surface area contributed by atoms with Crippen molar-refractivity contribution in [1.29, 1.82) is 0 Å². The molecule has 6 nitrogen and oxygen atoms in total. The molecule has 0 amide bonds. The molecule has 27 heavy (non-hydrogen) atoms. The van der Waals surface area contributed by atoms with Crippen LogP contribution in [0.3, 0.4) is 0 Å². The molecule has 0 spiro atoms. The minimum Gasteiger partial charge on any atom is -0.306 e. The summed E-state index contributed by atoms with van der Waals surface area (Å²) in [7, 11) is 1.94. The summed E-state index contributed by atoms with van der Waals surface area (Å²) in [5.41, 5.74) is 0.243. The molecule has 1 aliphatic rings. The predicted octanol–water partition coefficient (Wildman–Crippen LogP) is 3.00. The van der Waals surface area contributed by atoms with Crippen LogP contribution in [0.1, 0.15) is 23.5 Å². The highest BCUT2D eigenvalue weighted by Crippen LogP contribution is 2.29. The first-order valence-corrected chi connectivity index (χ1v) is 9.71. The van der Waals surface area contributed by atoms with Crippen LogP contribution >= 0.6 is 11.3 Å². The van der Waals surface area contributed by atoms with Crippen LogP contribution in [-0.4, -0.2) is 56.7 Å². The van der Waals surface area contributed by atoms with E-state index in [1.807, 2.05) is 31.0 Å². The summed E-state index contributed by atoms with van der Waals surface area (Å²) in [6, 6.07) is 5.56. The first-order chi connectivity index (χ1) is 12.9. The number of fused-ring (bicyclic) bond motifs is 1. The first kappa shape index (κ1) is 18.1. The zero-order valence-electron chi connectivity index (χ0n) is 15.3. The van der Waals surface area contributed by atoms with Crippen LogP contribution in [-0.2, 0) is 11.2 Å². The van der Waals surface area contributed by atoms with Gasteiger partial charge < -0.3 is 4.90 Å². The Hall–Kier alpha value is -2.32. The standard InChI is InChI=1S/C19H20FN5OS/c1-12-23-24-18(27-12)15-4-3-13-11-21-14(9-16(13)22-15)10-17(26)19(20)5-7-25(2)8-6-19/h3-4,9,11H,5-8,10H2,1-2H3. The van der Waals surface area contributed by atoms with E-state index in [1.165, 1.54) is 11.3 Å². The molecule has 0 saturated carbocycles. The number of aryl methyl sites for hydroxylation is 1. The molecule has 1 saturated heterocycles. The van der Waals surface area contributed by atoms with E-state index in [4.69, 9.17) is 0 Å². The third-order valence-electron chi connectivity index (χ3n) is 5.00. The van der Waals surface area contributed by atoms with Gasteiger partial charge in [0.15, 0.2) is 16.5 Å². The maximum Gasteiger partial charge on any atom is 0.175 e. The van der Waals surface area contributed by atoms with E-state index in [-0.39, 0.29) is 19.3 Å². The SMILES string of the molecule is Cc1nnc(-c2ccc3cnc(CC(=O)C4(F)CCN(C)CC4)cc3n2)s1. The Balaban J connectivity index is 1.58. The smallest absolute Gasteiger partial charge is 0.175 e. The topological polar surface area (TPSA) is 71.9 Å². The van der Waals surface area contributed by atoms with Gasteiger partial charge in [-0.05, 0) is 32.2 Å². The van der Waals surface area contributed by atoms with Gasteiger partial charge in [-0.3, -0.25) is 9.78 Å². The third-order valence-corrected chi connectivity index (χ3v) is 5.86. The second-order valence-corrected chi connectivity index (χ2v) is 8.24. The van der Waals surface area contributed by atoms with Crippen LogP contribution < -0.4 is 0 Å². The van der Waals surface area contributed by atoms with Gasteiger partial charge in [0.25, 0.3) is 0 Å². The maximum atomic E-state index is 15.0. The minimum absolute atomic E-state index is 0.0139. The molecule has 140 valence electrons. The third kappa shape index (κ3) is 3.72. The Morgan fingerprint density at radius 1 is 1.30 bits per heavy atom. The second kappa shape index (κ2) is 7.01. The van der Waals surface area contributed by atoms with Gasteiger partial charge in [0.1, 0.15) is 10.7 Å². The molecule has 8 heteroatoms. The fraction of sp³-hybridized carbons (Fsp3) is 0.421. The maximum absolute atomic E-state index is 15.0. The fourth-order valence-electron chi connectivity index (χ4n) is 3.25. The lowest BCUT2D eigenvalue weighted by Crippen LogP contribution is -2.45. The number of nitrogens with zero attached hydrogens (tertiary/aromatic N) is 5. The molecule has 0 radical (unpaired) electrons. The van der Waals surface area contributed by atoms with E-state index in [2.05, 4.69) is 20.2 Å². The number of pyridine rings is 2. The average molecular weight is 385 g/mol. The lowest BCUT2D eigenvalue weighted by Gasteiger charge is -2.33. The molecule has 0 atom stereocenters. The van der Waals surface area contributed by atoms with E-state index in [0.29, 0.717) is 18.8 Å². The van der Waals surface area contributed by atoms with Gasteiger partial charge in [-0.2, -0.15) is 0 Å². The number of rotatable bonds is 4. The number of likely N-dealkylation sites (tertiary alicyclic amines) is 1. The van der Waals surface area contributed by atoms with E-state index in [9.17, 15) is 9.18 Å². The summed E-state index contributed by atoms with van der Waals surface area (Å²) in [5.74, 6) is -0.390. The molecule has 0 unspecified atom stereocenters. The molecule has 4 rings (SSSR count). The van der Waals surface area contributed by atoms with Crippen LogP contribution in [0.5, 0.6) is 0 Å². The Morgan fingerprint density at radius 3 is 2.78 bits per heavy atom. The van der Waals surface area contributed by atoms with Crippen molar-refractivity contribution in [2.45, 2.75) is 31.9 Å². The predicted molar refractivity (Wildman–Crippen MR) is 102 cm³/mol. The molecule has 4 heterocycles. The van der Waals surface area contributed by atoms with Crippen molar-refractivity contribution in [2.24, 2.45) is 0 Å². The van der Waals surface area contributed by atoms with Gasteiger partial charge in [0.05, 0.1) is 17.6 Å². The fourth-order valence-corrected chi connectivity index (χ4v) is 3.91. The monoisotopic (exact) mass is 385 g/mol. The molecule has 3 aromatic heterocycles. The first-order valence-electron chi connectivity index (χ1n) is 8.90. The Morgan fingerprint density at radius 2 is 2.07 bits per heavy atom. The second-order valence-electron chi connectivity index (χ2n) is 7.06. The van der Waals surface area contributed by atoms with Crippen LogP contribution in [0.4, 0.5) is 4.39 Å². The van der Waals surface area contributed by atoms with E-state index in [0.717, 1.165) is 26.6 Å². The summed E-state index contributed by atoms with van der Waals surface area (Å²) in [4.78, 5) is 23.5. The number of carbonyl (C=O) groups is 1. The minimum atomic E-state index is -1.75. The van der Waals surface area contributed by atoms with Gasteiger partial charge >= 0.3 is 0 Å². The molecule has 0 aromatic carbocycles. The molecule has 0 N–H and O–H groups in total. The summed E-state index contributed by atoms with van der Waals surface area (Å²) in [6.45, 7) is 3.09. The quantitative estimate of drug-likeness (QED) is 0.688. The number of Topliss-reactive ketones (excluding diaryl/α,β-unsaturated/α-hetero) is 1. The van der Waals surface area contributed by atoms with Crippen molar-refractivity contribution < 1.29 is 9.18 Å². The highest BCUT2D eigenvalue weighted by atomic mass is 32.1. The Kier molecular flexibility index (Phi) is 4.69. The number of carbonyl (C=O) groups excluding carboxylic acids is 1. The van der Waals surface area contributed by atoms with E-state index in [1.54, 1.807) is 12.3 Å². The van der Waals surface area contributed by atoms with Crippen molar-refractivity contribution in [3.05, 3.63) is 35.1 Å². The molecule has 1 fully saturated rings. The highest BCUT2D eigenvalue weighted by Gasteiger charge is 2.40. The van der Waals surface area contributed by atoms with Crippen LogP contribution in [0.15, 0.2) is 24.4 Å². The number of hydrogen-bond acceptors (Lipinski definition) is 7. The number of hydrogen-bond donors (Lipinski definition) is 0. The van der Waals surface area contributed by atoms with Gasteiger partial charge in [-0.25, -0.2) is 9.37 Å². The van der Waals surface area contributed by atoms with Crippen molar-refractivity contribution >= 4 is 28.0 Å². The van der Waals surface area contributed by atoms with Crippen molar-refractivity contribution in [3.63, 3.8) is 0 Å². The molecule has 0 bridgehead atoms. The lowest BCUT2D eigenvalue weighted by atomic mass is 9.87. The number of alkyl halides is 1. The van der Waals surface area contributed by atoms with Crippen molar-refractivity contribution in [2.75, 3.05) is 20.1 Å². The summed E-state index contributed by atoms with van der Waals surface area (Å²) < 4.78 is 15.0. The normalized spacial score (nSPS) is 17.3. The van der Waals surface area contributed by atoms with Crippen LogP contribution in [0.2, 0.25) is 0 Å². The largest absolute Gasteiger partial charge is 0.306 e. The summed E-state index contributed by atoms with van der Waals surface area (Å²) >= 11 is 1.47. The molecule has 1 aliphatic heterocycles. The zero-order chi connectivity index (χ0) is 19.0. The molecular weight excluding hydrogens is 365 g/mol. The molecule has 3 aromatic rings. The van der Waals surface area contributed by atoms with Gasteiger partial charge in [-0.1, -0.05) is 11.3 Å². The van der Waals surface area contributed by atoms with Crippen LogP contribution in [0, 0.1) is 6.92 Å². The number of ketones is 1. The van der Waals surface area contributed by atoms with Gasteiger partial charge in [0.2, 0.25) is 0 Å². The van der Waals surface area contributed by atoms with E-state index >= 15 is 0 Å². The summed E-state index contributed by atoms with van der Waals surface area (Å²) in [6.07, 6.45) is 2.16. The van der Waals surface area contributed by atoms with Gasteiger partial charge in [-0.15, -0.1) is 10.2 Å². The number of halogens is 1. The van der Waals surface area contributed by atoms with Crippen LogP contribution in [0.25, 0.3) is 21.6 Å². The van der Waals surface area contributed by atoms with E-state index < -0.39 is 11.5 Å². The highest BCUT2D eigenvalue weighted by molar-refractivity contribution is 7.14. The Labute approximate surface area is 160 Å². The average Bonchev–Trinajstić information content (AvgIpc) is 3.10. The zero-order valence-corrected chi connectivity index (χ0v) is 16.1. The number of aromatic nitrogens is 4. The Bertz CT molecular complexity index is 997.